The Kier molecular flexibility index (Phi) is 5.71. The number of carbonyl (C=O) groups excluding carboxylic acids is 1. The first-order chi connectivity index (χ1) is 12.3. The number of carbonyl (C=O) groups is 1. The maximum Gasteiger partial charge on any atom is 0.261 e. The van der Waals surface area contributed by atoms with Gasteiger partial charge in [0.05, 0.1) is 4.90 Å². The molecule has 2 N–H and O–H groups in total. The molecule has 0 aliphatic heterocycles. The number of anilines is 1. The van der Waals surface area contributed by atoms with E-state index >= 15 is 0 Å². The van der Waals surface area contributed by atoms with Gasteiger partial charge in [-0.15, -0.1) is 0 Å². The third-order valence-electron chi connectivity index (χ3n) is 3.90. The van der Waals surface area contributed by atoms with Gasteiger partial charge >= 0.3 is 0 Å². The van der Waals surface area contributed by atoms with Gasteiger partial charge in [0.1, 0.15) is 0 Å². The Balaban J connectivity index is 2.24. The fourth-order valence-electron chi connectivity index (χ4n) is 2.47. The number of benzene rings is 2. The molecule has 0 aliphatic carbocycles. The molecule has 6 heteroatoms. The molecule has 0 atom stereocenters. The van der Waals surface area contributed by atoms with Crippen molar-refractivity contribution in [3.8, 4) is 0 Å². The van der Waals surface area contributed by atoms with E-state index in [0.717, 1.165) is 5.56 Å². The van der Waals surface area contributed by atoms with Gasteiger partial charge < -0.3 is 5.32 Å². The van der Waals surface area contributed by atoms with E-state index in [0.29, 0.717) is 11.3 Å². The van der Waals surface area contributed by atoms with Crippen molar-refractivity contribution < 1.29 is 13.2 Å². The number of amides is 1. The molecule has 2 aromatic rings. The summed E-state index contributed by atoms with van der Waals surface area (Å²) in [7, 11) is -3.79. The highest BCUT2D eigenvalue weighted by Crippen LogP contribution is 2.24. The van der Waals surface area contributed by atoms with Crippen molar-refractivity contribution in [1.29, 1.82) is 0 Å². The molecule has 0 saturated heterocycles. The number of rotatable bonds is 4. The van der Waals surface area contributed by atoms with Crippen LogP contribution in [0.4, 0.5) is 5.69 Å². The van der Waals surface area contributed by atoms with Crippen molar-refractivity contribution in [1.82, 2.24) is 5.32 Å². The van der Waals surface area contributed by atoms with E-state index in [9.17, 15) is 13.2 Å². The van der Waals surface area contributed by atoms with Gasteiger partial charge in [0, 0.05) is 16.8 Å². The summed E-state index contributed by atoms with van der Waals surface area (Å²) >= 11 is 0. The SMILES string of the molecule is CC(C)(C)NC(=O)c1cccc(S(=O)(=O)Nc2ccc(C(C)(C)C)cc2)c1. The topological polar surface area (TPSA) is 75.3 Å². The number of sulfonamides is 1. The van der Waals surface area contributed by atoms with E-state index in [1.807, 2.05) is 32.9 Å². The highest BCUT2D eigenvalue weighted by Gasteiger charge is 2.20. The summed E-state index contributed by atoms with van der Waals surface area (Å²) in [6, 6.07) is 13.3. The number of hydrogen-bond acceptors (Lipinski definition) is 3. The van der Waals surface area contributed by atoms with Crippen LogP contribution in [-0.2, 0) is 15.4 Å². The van der Waals surface area contributed by atoms with Crippen LogP contribution in [0.1, 0.15) is 57.5 Å². The molecule has 27 heavy (non-hydrogen) atoms. The molecule has 146 valence electrons. The monoisotopic (exact) mass is 388 g/mol. The Morgan fingerprint density at radius 2 is 1.48 bits per heavy atom. The maximum absolute atomic E-state index is 12.7. The Morgan fingerprint density at radius 1 is 0.889 bits per heavy atom. The Morgan fingerprint density at radius 3 is 2.00 bits per heavy atom. The lowest BCUT2D eigenvalue weighted by Gasteiger charge is -2.20. The first kappa shape index (κ1) is 21.0. The molecule has 0 unspecified atom stereocenters. The van der Waals surface area contributed by atoms with Gasteiger partial charge in [0.25, 0.3) is 15.9 Å². The zero-order valence-corrected chi connectivity index (χ0v) is 17.6. The molecule has 2 rings (SSSR count). The van der Waals surface area contributed by atoms with E-state index in [4.69, 9.17) is 0 Å². The predicted molar refractivity (Wildman–Crippen MR) is 110 cm³/mol. The van der Waals surface area contributed by atoms with Crippen molar-refractivity contribution in [2.75, 3.05) is 4.72 Å². The Bertz CT molecular complexity index is 919. The molecule has 0 aliphatic rings. The molecule has 0 aromatic heterocycles. The van der Waals surface area contributed by atoms with Gasteiger partial charge in [-0.05, 0) is 62.1 Å². The summed E-state index contributed by atoms with van der Waals surface area (Å²) in [5.74, 6) is -0.311. The second-order valence-electron chi connectivity index (χ2n) is 8.66. The molecule has 1 amide bonds. The van der Waals surface area contributed by atoms with E-state index in [1.54, 1.807) is 24.3 Å². The standard InChI is InChI=1S/C21H28N2O3S/c1-20(2,3)16-10-12-17(13-11-16)23-27(25,26)18-9-7-8-15(14-18)19(24)22-21(4,5)6/h7-14,23H,1-6H3,(H,22,24). The molecule has 5 nitrogen and oxygen atoms in total. The van der Waals surface area contributed by atoms with Gasteiger partial charge in [-0.2, -0.15) is 0 Å². The van der Waals surface area contributed by atoms with Crippen LogP contribution >= 0.6 is 0 Å². The van der Waals surface area contributed by atoms with E-state index < -0.39 is 15.6 Å². The Hall–Kier alpha value is -2.34. The average molecular weight is 389 g/mol. The van der Waals surface area contributed by atoms with Crippen molar-refractivity contribution in [3.05, 3.63) is 59.7 Å². The fourth-order valence-corrected chi connectivity index (χ4v) is 3.57. The summed E-state index contributed by atoms with van der Waals surface area (Å²) in [5.41, 5.74) is 1.49. The summed E-state index contributed by atoms with van der Waals surface area (Å²) in [5, 5.41) is 2.83. The molecule has 0 heterocycles. The molecular weight excluding hydrogens is 360 g/mol. The molecule has 0 spiro atoms. The first-order valence-corrected chi connectivity index (χ1v) is 10.3. The minimum absolute atomic E-state index is 0.00779. The summed E-state index contributed by atoms with van der Waals surface area (Å²) in [6.45, 7) is 11.9. The summed E-state index contributed by atoms with van der Waals surface area (Å²) in [4.78, 5) is 12.3. The molecule has 0 fully saturated rings. The van der Waals surface area contributed by atoms with Crippen molar-refractivity contribution in [2.24, 2.45) is 0 Å². The van der Waals surface area contributed by atoms with Crippen LogP contribution in [0.3, 0.4) is 0 Å². The third-order valence-corrected chi connectivity index (χ3v) is 5.28. The van der Waals surface area contributed by atoms with Gasteiger partial charge in [0.15, 0.2) is 0 Å². The molecule has 0 bridgehead atoms. The van der Waals surface area contributed by atoms with Gasteiger partial charge in [-0.3, -0.25) is 9.52 Å². The van der Waals surface area contributed by atoms with Gasteiger partial charge in [-0.25, -0.2) is 8.42 Å². The molecular formula is C21H28N2O3S. The first-order valence-electron chi connectivity index (χ1n) is 8.84. The van der Waals surface area contributed by atoms with E-state index in [1.165, 1.54) is 12.1 Å². The molecule has 0 radical (unpaired) electrons. The maximum atomic E-state index is 12.7. The molecule has 0 saturated carbocycles. The van der Waals surface area contributed by atoms with Gasteiger partial charge in [0.2, 0.25) is 0 Å². The largest absolute Gasteiger partial charge is 0.347 e. The van der Waals surface area contributed by atoms with Crippen LogP contribution in [0.15, 0.2) is 53.4 Å². The lowest BCUT2D eigenvalue weighted by atomic mass is 9.87. The minimum Gasteiger partial charge on any atom is -0.347 e. The van der Waals surface area contributed by atoms with E-state index in [-0.39, 0.29) is 16.2 Å². The third kappa shape index (κ3) is 5.82. The highest BCUT2D eigenvalue weighted by atomic mass is 32.2. The van der Waals surface area contributed by atoms with Crippen LogP contribution in [0.25, 0.3) is 0 Å². The summed E-state index contributed by atoms with van der Waals surface area (Å²) in [6.07, 6.45) is 0. The Labute approximate surface area is 162 Å². The van der Waals surface area contributed by atoms with Crippen LogP contribution in [-0.4, -0.2) is 19.9 Å². The highest BCUT2D eigenvalue weighted by molar-refractivity contribution is 7.92. The van der Waals surface area contributed by atoms with Crippen LogP contribution < -0.4 is 10.0 Å². The number of hydrogen-bond donors (Lipinski definition) is 2. The smallest absolute Gasteiger partial charge is 0.261 e. The average Bonchev–Trinajstić information content (AvgIpc) is 2.52. The van der Waals surface area contributed by atoms with Crippen LogP contribution in [0, 0.1) is 0 Å². The normalized spacial score (nSPS) is 12.5. The van der Waals surface area contributed by atoms with Crippen molar-refractivity contribution >= 4 is 21.6 Å². The molecule has 2 aromatic carbocycles. The van der Waals surface area contributed by atoms with Crippen molar-refractivity contribution in [3.63, 3.8) is 0 Å². The fraction of sp³-hybridized carbons (Fsp3) is 0.381. The second kappa shape index (κ2) is 7.35. The van der Waals surface area contributed by atoms with E-state index in [2.05, 4.69) is 30.8 Å². The quantitative estimate of drug-likeness (QED) is 0.819. The summed E-state index contributed by atoms with van der Waals surface area (Å²) < 4.78 is 28.0. The lowest BCUT2D eigenvalue weighted by molar-refractivity contribution is 0.0919. The van der Waals surface area contributed by atoms with Gasteiger partial charge in [-0.1, -0.05) is 39.0 Å². The minimum atomic E-state index is -3.79. The zero-order valence-electron chi connectivity index (χ0n) is 16.8. The second-order valence-corrected chi connectivity index (χ2v) is 10.3. The van der Waals surface area contributed by atoms with Crippen LogP contribution in [0.2, 0.25) is 0 Å². The predicted octanol–water partition coefficient (Wildman–Crippen LogP) is 4.31. The zero-order chi connectivity index (χ0) is 20.5. The lowest BCUT2D eigenvalue weighted by Crippen LogP contribution is -2.40. The van der Waals surface area contributed by atoms with Crippen molar-refractivity contribution in [2.45, 2.75) is 57.4 Å². The number of nitrogens with one attached hydrogen (secondary N) is 2. The van der Waals surface area contributed by atoms with Crippen LogP contribution in [0.5, 0.6) is 0 Å².